The maximum atomic E-state index is 11.2. The van der Waals surface area contributed by atoms with Crippen LogP contribution in [-0.4, -0.2) is 25.2 Å². The molecule has 0 unspecified atom stereocenters. The van der Waals surface area contributed by atoms with E-state index in [1.54, 1.807) is 0 Å². The van der Waals surface area contributed by atoms with Crippen molar-refractivity contribution >= 4 is 27.1 Å². The van der Waals surface area contributed by atoms with Gasteiger partial charge in [-0.15, -0.1) is 11.3 Å². The van der Waals surface area contributed by atoms with Gasteiger partial charge >= 0.3 is 5.97 Å². The Morgan fingerprint density at radius 2 is 2.21 bits per heavy atom. The highest BCUT2D eigenvalue weighted by atomic mass is 32.2. The van der Waals surface area contributed by atoms with E-state index in [0.717, 1.165) is 4.88 Å². The smallest absolute Gasteiger partial charge is 0.345 e. The number of sulfone groups is 1. The normalized spacial score (nSPS) is 18.9. The molecule has 2 rings (SSSR count). The van der Waals surface area contributed by atoms with Gasteiger partial charge in [0.2, 0.25) is 0 Å². The Bertz CT molecular complexity index is 483. The number of aromatic carboxylic acids is 1. The Morgan fingerprint density at radius 3 is 2.86 bits per heavy atom. The summed E-state index contributed by atoms with van der Waals surface area (Å²) < 4.78 is 22.5. The van der Waals surface area contributed by atoms with Gasteiger partial charge in [0.05, 0.1) is 11.5 Å². The minimum absolute atomic E-state index is 0.00782. The molecule has 0 amide bonds. The van der Waals surface area contributed by atoms with E-state index in [9.17, 15) is 13.2 Å². The van der Waals surface area contributed by atoms with Crippen molar-refractivity contribution < 1.29 is 18.3 Å². The summed E-state index contributed by atoms with van der Waals surface area (Å²) in [6, 6.07) is 1.47. The van der Waals surface area contributed by atoms with Gasteiger partial charge in [-0.2, -0.15) is 0 Å². The van der Waals surface area contributed by atoms with Crippen molar-refractivity contribution in [3.05, 3.63) is 21.4 Å². The first kappa shape index (κ1) is 9.67. The van der Waals surface area contributed by atoms with Crippen LogP contribution in [0.4, 0.5) is 0 Å². The van der Waals surface area contributed by atoms with Crippen molar-refractivity contribution in [2.75, 3.05) is 5.75 Å². The van der Waals surface area contributed by atoms with Crippen LogP contribution in [0.15, 0.2) is 6.07 Å². The van der Waals surface area contributed by atoms with E-state index >= 15 is 0 Å². The molecule has 6 heteroatoms. The minimum Gasteiger partial charge on any atom is -0.477 e. The maximum absolute atomic E-state index is 11.2. The Hall–Kier alpha value is -0.880. The van der Waals surface area contributed by atoms with Gasteiger partial charge in [0.15, 0.2) is 9.84 Å². The summed E-state index contributed by atoms with van der Waals surface area (Å²) in [6.07, 6.45) is 0.454. The van der Waals surface area contributed by atoms with Crippen LogP contribution in [0.25, 0.3) is 0 Å². The summed E-state index contributed by atoms with van der Waals surface area (Å²) in [4.78, 5) is 11.8. The van der Waals surface area contributed by atoms with Crippen molar-refractivity contribution in [2.45, 2.75) is 12.2 Å². The van der Waals surface area contributed by atoms with E-state index in [0.29, 0.717) is 12.0 Å². The lowest BCUT2D eigenvalue weighted by atomic mass is 10.2. The van der Waals surface area contributed by atoms with Crippen LogP contribution in [0.2, 0.25) is 0 Å². The van der Waals surface area contributed by atoms with Crippen molar-refractivity contribution in [3.8, 4) is 0 Å². The zero-order chi connectivity index (χ0) is 10.3. The summed E-state index contributed by atoms with van der Waals surface area (Å²) in [7, 11) is -2.99. The molecule has 1 N–H and O–H groups in total. The standard InChI is InChI=1S/C8H8O4S2/c9-8(10)7-3-5-4-14(11,12)2-1-6(5)13-7/h3H,1-2,4H2,(H,9,10). The summed E-state index contributed by atoms with van der Waals surface area (Å²) >= 11 is 1.18. The van der Waals surface area contributed by atoms with Crippen LogP contribution < -0.4 is 0 Å². The molecule has 0 aromatic carbocycles. The number of hydrogen-bond acceptors (Lipinski definition) is 4. The number of fused-ring (bicyclic) bond motifs is 1. The zero-order valence-corrected chi connectivity index (χ0v) is 8.82. The van der Waals surface area contributed by atoms with E-state index in [1.165, 1.54) is 17.4 Å². The number of carboxylic acids is 1. The lowest BCUT2D eigenvalue weighted by molar-refractivity contribution is 0.0702. The molecular formula is C8H8O4S2. The average Bonchev–Trinajstić information content (AvgIpc) is 2.45. The Morgan fingerprint density at radius 1 is 1.50 bits per heavy atom. The van der Waals surface area contributed by atoms with E-state index < -0.39 is 15.8 Å². The molecule has 1 aromatic heterocycles. The van der Waals surface area contributed by atoms with Crippen LogP contribution in [0.1, 0.15) is 20.1 Å². The molecule has 1 aliphatic heterocycles. The average molecular weight is 232 g/mol. The quantitative estimate of drug-likeness (QED) is 0.781. The van der Waals surface area contributed by atoms with Crippen molar-refractivity contribution in [1.82, 2.24) is 0 Å². The zero-order valence-electron chi connectivity index (χ0n) is 7.19. The Balaban J connectivity index is 2.44. The summed E-state index contributed by atoms with van der Waals surface area (Å²) in [6.45, 7) is 0. The predicted molar refractivity (Wildman–Crippen MR) is 52.5 cm³/mol. The number of carbonyl (C=O) groups is 1. The van der Waals surface area contributed by atoms with E-state index in [4.69, 9.17) is 5.11 Å². The molecule has 0 fully saturated rings. The first-order valence-electron chi connectivity index (χ1n) is 4.03. The van der Waals surface area contributed by atoms with Gasteiger partial charge in [-0.25, -0.2) is 13.2 Å². The minimum atomic E-state index is -2.99. The van der Waals surface area contributed by atoms with Gasteiger partial charge < -0.3 is 5.11 Å². The topological polar surface area (TPSA) is 71.4 Å². The molecule has 0 aliphatic carbocycles. The molecule has 0 atom stereocenters. The lowest BCUT2D eigenvalue weighted by Gasteiger charge is -2.10. The molecule has 0 saturated heterocycles. The molecular weight excluding hydrogens is 224 g/mol. The number of rotatable bonds is 1. The second kappa shape index (κ2) is 3.06. The van der Waals surface area contributed by atoms with Gasteiger partial charge in [-0.05, 0) is 18.1 Å². The highest BCUT2D eigenvalue weighted by Gasteiger charge is 2.24. The van der Waals surface area contributed by atoms with Gasteiger partial charge in [0.25, 0.3) is 0 Å². The molecule has 0 spiro atoms. The molecule has 0 bridgehead atoms. The monoisotopic (exact) mass is 232 g/mol. The molecule has 76 valence electrons. The number of hydrogen-bond donors (Lipinski definition) is 1. The summed E-state index contributed by atoms with van der Waals surface area (Å²) in [5.41, 5.74) is 0.665. The number of carboxylic acid groups (broad SMARTS) is 1. The third kappa shape index (κ3) is 1.67. The molecule has 14 heavy (non-hydrogen) atoms. The SMILES string of the molecule is O=C(O)c1cc2c(s1)CCS(=O)(=O)C2. The van der Waals surface area contributed by atoms with Crippen molar-refractivity contribution in [1.29, 1.82) is 0 Å². The first-order chi connectivity index (χ1) is 6.48. The van der Waals surface area contributed by atoms with E-state index in [1.807, 2.05) is 0 Å². The highest BCUT2D eigenvalue weighted by Crippen LogP contribution is 2.29. The molecule has 0 saturated carbocycles. The number of aryl methyl sites for hydroxylation is 1. The second-order valence-electron chi connectivity index (χ2n) is 3.21. The van der Waals surface area contributed by atoms with E-state index in [2.05, 4.69) is 0 Å². The lowest BCUT2D eigenvalue weighted by Crippen LogP contribution is -2.16. The van der Waals surface area contributed by atoms with Gasteiger partial charge in [-0.3, -0.25) is 0 Å². The fraction of sp³-hybridized carbons (Fsp3) is 0.375. The van der Waals surface area contributed by atoms with Gasteiger partial charge in [0.1, 0.15) is 4.88 Å². The van der Waals surface area contributed by atoms with Crippen molar-refractivity contribution in [3.63, 3.8) is 0 Å². The van der Waals surface area contributed by atoms with Crippen LogP contribution in [0, 0.1) is 0 Å². The highest BCUT2D eigenvalue weighted by molar-refractivity contribution is 7.90. The third-order valence-corrected chi connectivity index (χ3v) is 4.93. The third-order valence-electron chi connectivity index (χ3n) is 2.12. The molecule has 2 heterocycles. The Labute approximate surface area is 85.1 Å². The summed E-state index contributed by atoms with van der Waals surface area (Å²) in [5, 5.41) is 8.73. The fourth-order valence-electron chi connectivity index (χ4n) is 1.46. The van der Waals surface area contributed by atoms with Crippen LogP contribution in [0.5, 0.6) is 0 Å². The predicted octanol–water partition coefficient (Wildman–Crippen LogP) is 0.917. The van der Waals surface area contributed by atoms with Gasteiger partial charge in [-0.1, -0.05) is 0 Å². The molecule has 0 radical (unpaired) electrons. The van der Waals surface area contributed by atoms with Crippen molar-refractivity contribution in [2.24, 2.45) is 0 Å². The maximum Gasteiger partial charge on any atom is 0.345 e. The number of thiophene rings is 1. The van der Waals surface area contributed by atoms with E-state index in [-0.39, 0.29) is 16.4 Å². The first-order valence-corrected chi connectivity index (χ1v) is 6.67. The molecule has 4 nitrogen and oxygen atoms in total. The molecule has 1 aromatic rings. The second-order valence-corrected chi connectivity index (χ2v) is 6.53. The van der Waals surface area contributed by atoms with Crippen LogP contribution >= 0.6 is 11.3 Å². The van der Waals surface area contributed by atoms with Gasteiger partial charge in [0, 0.05) is 4.88 Å². The van der Waals surface area contributed by atoms with Crippen LogP contribution in [-0.2, 0) is 22.0 Å². The fourth-order valence-corrected chi connectivity index (χ4v) is 4.09. The molecule has 1 aliphatic rings. The summed E-state index contributed by atoms with van der Waals surface area (Å²) in [5.74, 6) is -0.854. The van der Waals surface area contributed by atoms with Crippen LogP contribution in [0.3, 0.4) is 0 Å². The Kier molecular flexibility index (Phi) is 2.11. The largest absolute Gasteiger partial charge is 0.477 e.